The Bertz CT molecular complexity index is 743. The summed E-state index contributed by atoms with van der Waals surface area (Å²) in [4.78, 5) is 30.3. The molecule has 7 heteroatoms. The highest BCUT2D eigenvalue weighted by Gasteiger charge is 2.23. The Morgan fingerprint density at radius 2 is 1.95 bits per heavy atom. The van der Waals surface area contributed by atoms with Gasteiger partial charge < -0.3 is 0 Å². The van der Waals surface area contributed by atoms with Crippen molar-refractivity contribution in [2.45, 2.75) is 27.2 Å². The third kappa shape index (κ3) is 3.32. The lowest BCUT2D eigenvalue weighted by Crippen LogP contribution is -2.24. The number of rotatable bonds is 4. The van der Waals surface area contributed by atoms with E-state index in [0.29, 0.717) is 37.9 Å². The standard InChI is InChI=1S/C15H14Cl2N2O2S/c1-4-13(21)19(10-5-6-11(16)12(17)7-10)15-18-8(2)14(22-15)9(3)20/h5-7H,4H2,1-3H3. The SMILES string of the molecule is CCC(=O)N(c1ccc(Cl)c(Cl)c1)c1nc(C)c(C(C)=O)s1. The summed E-state index contributed by atoms with van der Waals surface area (Å²) in [6.07, 6.45) is 0.300. The molecule has 0 aliphatic heterocycles. The Morgan fingerprint density at radius 3 is 2.45 bits per heavy atom. The minimum absolute atomic E-state index is 0.0701. The number of hydrogen-bond donors (Lipinski definition) is 0. The molecule has 1 heterocycles. The van der Waals surface area contributed by atoms with Gasteiger partial charge in [0, 0.05) is 13.3 Å². The molecule has 0 bridgehead atoms. The number of thiazole rings is 1. The van der Waals surface area contributed by atoms with Crippen LogP contribution in [0.25, 0.3) is 0 Å². The molecule has 0 unspecified atom stereocenters. The van der Waals surface area contributed by atoms with Crippen LogP contribution in [0.5, 0.6) is 0 Å². The van der Waals surface area contributed by atoms with E-state index in [4.69, 9.17) is 23.2 Å². The maximum absolute atomic E-state index is 12.3. The first-order chi connectivity index (χ1) is 10.3. The van der Waals surface area contributed by atoms with Gasteiger partial charge in [-0.2, -0.15) is 0 Å². The fourth-order valence-corrected chi connectivity index (χ4v) is 3.24. The van der Waals surface area contributed by atoms with E-state index in [1.165, 1.54) is 23.2 Å². The third-order valence-electron chi connectivity index (χ3n) is 3.01. The Balaban J connectivity index is 2.55. The molecular formula is C15H14Cl2N2O2S. The summed E-state index contributed by atoms with van der Waals surface area (Å²) in [5.41, 5.74) is 1.19. The van der Waals surface area contributed by atoms with Gasteiger partial charge in [0.2, 0.25) is 5.91 Å². The number of aromatic nitrogens is 1. The zero-order valence-corrected chi connectivity index (χ0v) is 14.6. The van der Waals surface area contributed by atoms with Gasteiger partial charge in [0.25, 0.3) is 0 Å². The second-order valence-electron chi connectivity index (χ2n) is 4.65. The van der Waals surface area contributed by atoms with Crippen molar-refractivity contribution >= 4 is 57.0 Å². The summed E-state index contributed by atoms with van der Waals surface area (Å²) in [5, 5.41) is 1.22. The number of benzene rings is 1. The molecule has 0 aliphatic rings. The molecule has 1 aromatic heterocycles. The van der Waals surface area contributed by atoms with Gasteiger partial charge in [-0.15, -0.1) is 0 Å². The number of ketones is 1. The van der Waals surface area contributed by atoms with E-state index < -0.39 is 0 Å². The zero-order chi connectivity index (χ0) is 16.4. The van der Waals surface area contributed by atoms with Crippen LogP contribution in [0.3, 0.4) is 0 Å². The molecule has 4 nitrogen and oxygen atoms in total. The number of anilines is 2. The first-order valence-corrected chi connectivity index (χ1v) is 8.18. The number of amides is 1. The van der Waals surface area contributed by atoms with Crippen molar-refractivity contribution in [3.05, 3.63) is 38.8 Å². The number of aryl methyl sites for hydroxylation is 1. The lowest BCUT2D eigenvalue weighted by molar-refractivity contribution is -0.117. The first-order valence-electron chi connectivity index (χ1n) is 6.61. The fraction of sp³-hybridized carbons (Fsp3) is 0.267. The summed E-state index contributed by atoms with van der Waals surface area (Å²) in [6.45, 7) is 4.99. The molecule has 22 heavy (non-hydrogen) atoms. The normalized spacial score (nSPS) is 10.6. The molecule has 2 rings (SSSR count). The Morgan fingerprint density at radius 1 is 1.27 bits per heavy atom. The Kier molecular flexibility index (Phi) is 5.21. The van der Waals surface area contributed by atoms with Crippen LogP contribution in [0.1, 0.15) is 35.6 Å². The van der Waals surface area contributed by atoms with E-state index >= 15 is 0 Å². The molecule has 1 amide bonds. The van der Waals surface area contributed by atoms with E-state index in [1.54, 1.807) is 32.0 Å². The minimum atomic E-state index is -0.137. The van der Waals surface area contributed by atoms with Gasteiger partial charge in [-0.05, 0) is 25.1 Å². The molecular weight excluding hydrogens is 343 g/mol. The molecule has 116 valence electrons. The van der Waals surface area contributed by atoms with Crippen LogP contribution in [0.4, 0.5) is 10.8 Å². The van der Waals surface area contributed by atoms with Crippen molar-refractivity contribution in [2.75, 3.05) is 4.90 Å². The first kappa shape index (κ1) is 16.9. The van der Waals surface area contributed by atoms with Crippen LogP contribution in [-0.4, -0.2) is 16.7 Å². The third-order valence-corrected chi connectivity index (χ3v) is 4.99. The smallest absolute Gasteiger partial charge is 0.233 e. The second-order valence-corrected chi connectivity index (χ2v) is 6.44. The predicted molar refractivity (Wildman–Crippen MR) is 90.8 cm³/mol. The van der Waals surface area contributed by atoms with Gasteiger partial charge in [-0.3, -0.25) is 14.5 Å². The summed E-state index contributed by atoms with van der Waals surface area (Å²) in [7, 11) is 0. The monoisotopic (exact) mass is 356 g/mol. The van der Waals surface area contributed by atoms with Gasteiger partial charge in [-0.25, -0.2) is 4.98 Å². The van der Waals surface area contributed by atoms with Gasteiger partial charge >= 0.3 is 0 Å². The summed E-state index contributed by atoms with van der Waals surface area (Å²) >= 11 is 13.2. The lowest BCUT2D eigenvalue weighted by Gasteiger charge is -2.19. The van der Waals surface area contributed by atoms with Crippen LogP contribution in [0.15, 0.2) is 18.2 Å². The van der Waals surface area contributed by atoms with Crippen LogP contribution in [0.2, 0.25) is 10.0 Å². The molecule has 0 saturated heterocycles. The molecule has 0 fully saturated rings. The van der Waals surface area contributed by atoms with E-state index in [1.807, 2.05) is 0 Å². The molecule has 0 N–H and O–H groups in total. The van der Waals surface area contributed by atoms with Crippen LogP contribution in [-0.2, 0) is 4.79 Å². The number of carbonyl (C=O) groups is 2. The molecule has 2 aromatic rings. The van der Waals surface area contributed by atoms with Gasteiger partial charge in [-0.1, -0.05) is 41.5 Å². The van der Waals surface area contributed by atoms with Crippen molar-refractivity contribution < 1.29 is 9.59 Å². The summed E-state index contributed by atoms with van der Waals surface area (Å²) < 4.78 is 0. The Labute approximate surface area is 142 Å². The average molecular weight is 357 g/mol. The molecule has 0 spiro atoms. The average Bonchev–Trinajstić information content (AvgIpc) is 2.84. The number of Topliss-reactive ketones (excluding diaryl/α,β-unsaturated/α-hetero) is 1. The zero-order valence-electron chi connectivity index (χ0n) is 12.3. The van der Waals surface area contributed by atoms with Crippen molar-refractivity contribution in [3.63, 3.8) is 0 Å². The molecule has 0 radical (unpaired) electrons. The molecule has 0 aliphatic carbocycles. The fourth-order valence-electron chi connectivity index (χ4n) is 1.95. The maximum Gasteiger partial charge on any atom is 0.233 e. The lowest BCUT2D eigenvalue weighted by atomic mass is 10.2. The molecule has 0 atom stereocenters. The van der Waals surface area contributed by atoms with Crippen molar-refractivity contribution in [2.24, 2.45) is 0 Å². The Hall–Kier alpha value is -1.43. The van der Waals surface area contributed by atoms with E-state index in [9.17, 15) is 9.59 Å². The summed E-state index contributed by atoms with van der Waals surface area (Å²) in [6, 6.07) is 4.94. The number of halogens is 2. The van der Waals surface area contributed by atoms with Crippen molar-refractivity contribution in [1.82, 2.24) is 4.98 Å². The van der Waals surface area contributed by atoms with Crippen molar-refractivity contribution in [1.29, 1.82) is 0 Å². The van der Waals surface area contributed by atoms with Crippen molar-refractivity contribution in [3.8, 4) is 0 Å². The van der Waals surface area contributed by atoms with Gasteiger partial charge in [0.15, 0.2) is 10.9 Å². The highest BCUT2D eigenvalue weighted by atomic mass is 35.5. The topological polar surface area (TPSA) is 50.3 Å². The van der Waals surface area contributed by atoms with Gasteiger partial charge in [0.1, 0.15) is 0 Å². The highest BCUT2D eigenvalue weighted by molar-refractivity contribution is 7.17. The van der Waals surface area contributed by atoms with Crippen LogP contribution in [0, 0.1) is 6.92 Å². The number of carbonyl (C=O) groups excluding carboxylic acids is 2. The summed E-state index contributed by atoms with van der Waals surface area (Å²) in [5.74, 6) is -0.207. The highest BCUT2D eigenvalue weighted by Crippen LogP contribution is 2.35. The number of nitrogens with zero attached hydrogens (tertiary/aromatic N) is 2. The largest absolute Gasteiger partial charge is 0.294 e. The van der Waals surface area contributed by atoms with Crippen LogP contribution < -0.4 is 4.90 Å². The second kappa shape index (κ2) is 6.77. The molecule has 1 aromatic carbocycles. The maximum atomic E-state index is 12.3. The molecule has 0 saturated carbocycles. The number of hydrogen-bond acceptors (Lipinski definition) is 4. The predicted octanol–water partition coefficient (Wildman–Crippen LogP) is 5.04. The van der Waals surface area contributed by atoms with E-state index in [-0.39, 0.29) is 11.7 Å². The minimum Gasteiger partial charge on any atom is -0.294 e. The van der Waals surface area contributed by atoms with Crippen LogP contribution >= 0.6 is 34.5 Å². The van der Waals surface area contributed by atoms with E-state index in [0.717, 1.165) is 0 Å². The van der Waals surface area contributed by atoms with E-state index in [2.05, 4.69) is 4.98 Å². The quantitative estimate of drug-likeness (QED) is 0.721. The van der Waals surface area contributed by atoms with Gasteiger partial charge in [0.05, 0.1) is 26.3 Å².